The van der Waals surface area contributed by atoms with Gasteiger partial charge in [-0.05, 0) is 56.9 Å². The molecule has 2 N–H and O–H groups in total. The van der Waals surface area contributed by atoms with Gasteiger partial charge < -0.3 is 19.9 Å². The van der Waals surface area contributed by atoms with Crippen LogP contribution >= 0.6 is 34.3 Å². The van der Waals surface area contributed by atoms with Gasteiger partial charge in [0.05, 0.1) is 10.9 Å². The van der Waals surface area contributed by atoms with E-state index < -0.39 is 22.0 Å². The van der Waals surface area contributed by atoms with Crippen LogP contribution in [-0.4, -0.2) is 87.4 Å². The van der Waals surface area contributed by atoms with Gasteiger partial charge in [-0.3, -0.25) is 14.4 Å². The van der Waals surface area contributed by atoms with Crippen molar-refractivity contribution >= 4 is 62.0 Å². The minimum atomic E-state index is -3.92. The summed E-state index contributed by atoms with van der Waals surface area (Å²) >= 11 is 8.47. The number of nitrogens with one attached hydrogen (secondary N) is 2. The summed E-state index contributed by atoms with van der Waals surface area (Å²) < 4.78 is 34.5. The average Bonchev–Trinajstić information content (AvgIpc) is 3.64. The van der Waals surface area contributed by atoms with Crippen molar-refractivity contribution in [3.8, 4) is 9.75 Å². The number of sulfonamides is 1. The number of hydrogen-bond acceptors (Lipinski definition) is 8. The number of nitrogens with zero attached hydrogens (tertiary/aromatic N) is 2. The molecule has 0 saturated carbocycles. The summed E-state index contributed by atoms with van der Waals surface area (Å²) in [6.07, 6.45) is 2.51. The Balaban J connectivity index is 1.34. The van der Waals surface area contributed by atoms with Crippen LogP contribution in [0.5, 0.6) is 0 Å². The van der Waals surface area contributed by atoms with Crippen molar-refractivity contribution in [1.29, 1.82) is 0 Å². The molecule has 0 radical (unpaired) electrons. The number of ether oxygens (including phenoxy) is 1. The van der Waals surface area contributed by atoms with Gasteiger partial charge in [0, 0.05) is 42.0 Å². The molecule has 14 heteroatoms. The first-order valence-electron chi connectivity index (χ1n) is 12.5. The third kappa shape index (κ3) is 7.13. The first-order chi connectivity index (χ1) is 18.2. The second-order valence-corrected chi connectivity index (χ2v) is 13.9. The lowest BCUT2D eigenvalue weighted by Crippen LogP contribution is -2.55. The van der Waals surface area contributed by atoms with E-state index >= 15 is 0 Å². The molecule has 3 amide bonds. The molecule has 0 aromatic carbocycles. The highest BCUT2D eigenvalue weighted by Gasteiger charge is 2.36. The van der Waals surface area contributed by atoms with Crippen LogP contribution in [0.25, 0.3) is 9.75 Å². The Labute approximate surface area is 235 Å². The van der Waals surface area contributed by atoms with E-state index in [9.17, 15) is 22.8 Å². The predicted molar refractivity (Wildman–Crippen MR) is 147 cm³/mol. The highest BCUT2D eigenvalue weighted by Crippen LogP contribution is 2.37. The fraction of sp³-hybridized carbons (Fsp3) is 0.542. The van der Waals surface area contributed by atoms with Crippen molar-refractivity contribution in [2.45, 2.75) is 48.9 Å². The molecule has 208 valence electrons. The number of thiophene rings is 2. The van der Waals surface area contributed by atoms with E-state index in [0.29, 0.717) is 43.4 Å². The molecule has 10 nitrogen and oxygen atoms in total. The summed E-state index contributed by atoms with van der Waals surface area (Å²) in [4.78, 5) is 42.9. The highest BCUT2D eigenvalue weighted by molar-refractivity contribution is 7.91. The molecule has 0 spiro atoms. The molecule has 0 bridgehead atoms. The van der Waals surface area contributed by atoms with E-state index in [4.69, 9.17) is 16.3 Å². The first-order valence-corrected chi connectivity index (χ1v) is 16.0. The minimum Gasteiger partial charge on any atom is -0.372 e. The van der Waals surface area contributed by atoms with Crippen LogP contribution < -0.4 is 10.0 Å². The maximum absolute atomic E-state index is 13.2. The maximum Gasteiger partial charge on any atom is 0.250 e. The summed E-state index contributed by atoms with van der Waals surface area (Å²) in [5.74, 6) is -0.846. The van der Waals surface area contributed by atoms with Crippen molar-refractivity contribution in [2.24, 2.45) is 0 Å². The SMILES string of the molecule is CCOCC(=O)NC[C@@H]1CCCN1C(=O)CN1CCCC(NS(=O)(=O)c2ccc(-c3ccc(Cl)s3)s2)C1=O. The molecular formula is C24H31ClN4O6S3. The van der Waals surface area contributed by atoms with Gasteiger partial charge in [-0.2, -0.15) is 4.72 Å². The van der Waals surface area contributed by atoms with Crippen LogP contribution in [0.3, 0.4) is 0 Å². The van der Waals surface area contributed by atoms with Gasteiger partial charge in [0.15, 0.2) is 0 Å². The monoisotopic (exact) mass is 602 g/mol. The zero-order valence-corrected chi connectivity index (χ0v) is 24.2. The molecule has 4 heterocycles. The van der Waals surface area contributed by atoms with Crippen LogP contribution in [0.15, 0.2) is 28.5 Å². The van der Waals surface area contributed by atoms with E-state index in [1.807, 2.05) is 13.0 Å². The van der Waals surface area contributed by atoms with Crippen LogP contribution in [0.1, 0.15) is 32.6 Å². The third-order valence-electron chi connectivity index (χ3n) is 6.49. The predicted octanol–water partition coefficient (Wildman–Crippen LogP) is 2.54. The topological polar surface area (TPSA) is 125 Å². The summed E-state index contributed by atoms with van der Waals surface area (Å²) in [7, 11) is -3.92. The molecule has 2 saturated heterocycles. The molecular weight excluding hydrogens is 572 g/mol. The fourth-order valence-corrected chi connectivity index (χ4v) is 8.28. The molecule has 38 heavy (non-hydrogen) atoms. The molecule has 2 aromatic heterocycles. The van der Waals surface area contributed by atoms with Crippen LogP contribution in [0.4, 0.5) is 0 Å². The second-order valence-electron chi connectivity index (χ2n) is 9.12. The molecule has 2 fully saturated rings. The lowest BCUT2D eigenvalue weighted by atomic mass is 10.1. The summed E-state index contributed by atoms with van der Waals surface area (Å²) in [5, 5.41) is 2.80. The van der Waals surface area contributed by atoms with E-state index in [2.05, 4.69) is 10.0 Å². The van der Waals surface area contributed by atoms with Crippen molar-refractivity contribution in [2.75, 3.05) is 39.4 Å². The Bertz CT molecular complexity index is 1260. The van der Waals surface area contributed by atoms with Gasteiger partial charge in [0.25, 0.3) is 10.0 Å². The van der Waals surface area contributed by atoms with E-state index in [-0.39, 0.29) is 35.2 Å². The zero-order chi connectivity index (χ0) is 27.3. The number of amides is 3. The van der Waals surface area contributed by atoms with Crippen molar-refractivity contribution in [1.82, 2.24) is 19.8 Å². The number of rotatable bonds is 11. The number of likely N-dealkylation sites (tertiary alicyclic amines) is 2. The Morgan fingerprint density at radius 2 is 1.84 bits per heavy atom. The van der Waals surface area contributed by atoms with Crippen molar-refractivity contribution in [3.05, 3.63) is 28.6 Å². The molecule has 2 atom stereocenters. The van der Waals surface area contributed by atoms with Crippen LogP contribution in [0.2, 0.25) is 4.34 Å². The van der Waals surface area contributed by atoms with Gasteiger partial charge in [-0.1, -0.05) is 11.6 Å². The molecule has 1 unspecified atom stereocenters. The van der Waals surface area contributed by atoms with Crippen molar-refractivity contribution in [3.63, 3.8) is 0 Å². The van der Waals surface area contributed by atoms with E-state index in [1.54, 1.807) is 17.0 Å². The normalized spacial score (nSPS) is 20.2. The molecule has 2 aliphatic rings. The van der Waals surface area contributed by atoms with Gasteiger partial charge in [0.2, 0.25) is 17.7 Å². The molecule has 2 aromatic rings. The lowest BCUT2D eigenvalue weighted by molar-refractivity contribution is -0.143. The average molecular weight is 603 g/mol. The zero-order valence-electron chi connectivity index (χ0n) is 21.0. The number of hydrogen-bond donors (Lipinski definition) is 2. The number of piperidine rings is 1. The molecule has 2 aliphatic heterocycles. The fourth-order valence-electron chi connectivity index (χ4n) is 4.60. The summed E-state index contributed by atoms with van der Waals surface area (Å²) in [6.45, 7) is 3.38. The minimum absolute atomic E-state index is 0.0219. The standard InChI is InChI=1S/C24H31ClN4O6S3/c1-2-35-15-21(30)26-13-16-5-3-12-29(16)22(31)14-28-11-4-6-17(24(28)32)27-38(33,34)23-10-8-19(37-23)18-7-9-20(25)36-18/h7-10,16-17,27H,2-6,11-15H2,1H3,(H,26,30)/t16-,17?/m0/s1. The largest absolute Gasteiger partial charge is 0.372 e. The quantitative estimate of drug-likeness (QED) is 0.407. The van der Waals surface area contributed by atoms with E-state index in [0.717, 1.165) is 33.9 Å². The Kier molecular flexibility index (Phi) is 9.82. The lowest BCUT2D eigenvalue weighted by Gasteiger charge is -2.34. The molecule has 4 rings (SSSR count). The summed E-state index contributed by atoms with van der Waals surface area (Å²) in [6, 6.07) is 5.75. The Morgan fingerprint density at radius 3 is 2.58 bits per heavy atom. The van der Waals surface area contributed by atoms with Crippen LogP contribution in [-0.2, 0) is 29.1 Å². The van der Waals surface area contributed by atoms with Gasteiger partial charge in [-0.25, -0.2) is 8.42 Å². The van der Waals surface area contributed by atoms with Crippen molar-refractivity contribution < 1.29 is 27.5 Å². The van der Waals surface area contributed by atoms with Gasteiger partial charge in [0.1, 0.15) is 16.9 Å². The summed E-state index contributed by atoms with van der Waals surface area (Å²) in [5.41, 5.74) is 0. The third-order valence-corrected chi connectivity index (χ3v) is 11.0. The van der Waals surface area contributed by atoms with Gasteiger partial charge >= 0.3 is 0 Å². The Hall–Kier alpha value is -2.03. The number of carbonyl (C=O) groups excluding carboxylic acids is 3. The molecule has 0 aliphatic carbocycles. The number of carbonyl (C=O) groups is 3. The highest BCUT2D eigenvalue weighted by atomic mass is 35.5. The smallest absolute Gasteiger partial charge is 0.250 e. The van der Waals surface area contributed by atoms with Crippen LogP contribution in [0, 0.1) is 0 Å². The number of halogens is 1. The maximum atomic E-state index is 13.2. The van der Waals surface area contributed by atoms with E-state index in [1.165, 1.54) is 22.3 Å². The van der Waals surface area contributed by atoms with Gasteiger partial charge in [-0.15, -0.1) is 22.7 Å². The second kappa shape index (κ2) is 12.9. The Morgan fingerprint density at radius 1 is 1.11 bits per heavy atom. The first kappa shape index (κ1) is 29.0.